The number of guanidine groups is 1. The highest BCUT2D eigenvalue weighted by Crippen LogP contribution is 2.48. The lowest BCUT2D eigenvalue weighted by atomic mass is 10.0. The second kappa shape index (κ2) is 5.89. The first-order valence-electron chi connectivity index (χ1n) is 6.81. The van der Waals surface area contributed by atoms with Crippen molar-refractivity contribution in [2.75, 3.05) is 40.0 Å². The molecule has 1 aliphatic carbocycles. The molecule has 1 unspecified atom stereocenters. The van der Waals surface area contributed by atoms with Crippen molar-refractivity contribution in [3.05, 3.63) is 0 Å². The molecule has 5 nitrogen and oxygen atoms in total. The summed E-state index contributed by atoms with van der Waals surface area (Å²) in [4.78, 5) is 6.70. The summed E-state index contributed by atoms with van der Waals surface area (Å²) < 4.78 is 10.6. The first kappa shape index (κ1) is 13.6. The molecule has 2 rings (SSSR count). The van der Waals surface area contributed by atoms with Gasteiger partial charge in [0.1, 0.15) is 0 Å². The molecule has 0 aromatic heterocycles. The third-order valence-corrected chi connectivity index (χ3v) is 3.94. The van der Waals surface area contributed by atoms with Crippen LogP contribution < -0.4 is 5.73 Å². The Labute approximate surface area is 109 Å². The quantitative estimate of drug-likeness (QED) is 0.584. The monoisotopic (exact) mass is 255 g/mol. The maximum atomic E-state index is 6.06. The number of ether oxygens (including phenoxy) is 2. The molecule has 1 atom stereocenters. The van der Waals surface area contributed by atoms with Gasteiger partial charge in [0.15, 0.2) is 5.96 Å². The summed E-state index contributed by atoms with van der Waals surface area (Å²) in [6.45, 7) is 6.18. The third kappa shape index (κ3) is 3.59. The molecule has 0 amide bonds. The Morgan fingerprint density at radius 2 is 2.33 bits per heavy atom. The molecule has 2 N–H and O–H groups in total. The molecule has 1 saturated heterocycles. The summed E-state index contributed by atoms with van der Waals surface area (Å²) in [7, 11) is 1.75. The minimum absolute atomic E-state index is 0.246. The Kier molecular flexibility index (Phi) is 4.45. The van der Waals surface area contributed by atoms with Gasteiger partial charge in [0, 0.05) is 33.4 Å². The zero-order chi connectivity index (χ0) is 13.0. The van der Waals surface area contributed by atoms with Crippen LogP contribution in [0.25, 0.3) is 0 Å². The fourth-order valence-corrected chi connectivity index (χ4v) is 2.36. The first-order chi connectivity index (χ1) is 8.65. The Morgan fingerprint density at radius 1 is 1.56 bits per heavy atom. The molecule has 0 radical (unpaired) electrons. The second-order valence-corrected chi connectivity index (χ2v) is 5.54. The summed E-state index contributed by atoms with van der Waals surface area (Å²) in [6, 6.07) is 0. The molecule has 1 aliphatic heterocycles. The summed E-state index contributed by atoms with van der Waals surface area (Å²) in [6.07, 6.45) is 3.86. The Morgan fingerprint density at radius 3 is 2.94 bits per heavy atom. The lowest BCUT2D eigenvalue weighted by molar-refractivity contribution is 0.00526. The van der Waals surface area contributed by atoms with Crippen LogP contribution in [-0.4, -0.2) is 56.9 Å². The summed E-state index contributed by atoms with van der Waals surface area (Å²) in [5.41, 5.74) is 6.44. The van der Waals surface area contributed by atoms with Crippen molar-refractivity contribution in [1.29, 1.82) is 0 Å². The van der Waals surface area contributed by atoms with Crippen LogP contribution in [0.5, 0.6) is 0 Å². The Balaban J connectivity index is 1.81. The normalized spacial score (nSPS) is 27.3. The van der Waals surface area contributed by atoms with E-state index in [1.165, 1.54) is 12.8 Å². The lowest BCUT2D eigenvalue weighted by Gasteiger charge is -2.32. The van der Waals surface area contributed by atoms with Crippen molar-refractivity contribution in [3.8, 4) is 0 Å². The van der Waals surface area contributed by atoms with Gasteiger partial charge in [-0.1, -0.05) is 0 Å². The zero-order valence-corrected chi connectivity index (χ0v) is 11.5. The highest BCUT2D eigenvalue weighted by Gasteiger charge is 2.41. The highest BCUT2D eigenvalue weighted by atomic mass is 16.5. The molecule has 18 heavy (non-hydrogen) atoms. The Hall–Kier alpha value is -0.810. The third-order valence-electron chi connectivity index (χ3n) is 3.94. The van der Waals surface area contributed by atoms with Gasteiger partial charge in [-0.2, -0.15) is 0 Å². The predicted octanol–water partition coefficient (Wildman–Crippen LogP) is 0.839. The molecule has 104 valence electrons. The topological polar surface area (TPSA) is 60.1 Å². The van der Waals surface area contributed by atoms with Crippen molar-refractivity contribution >= 4 is 5.96 Å². The fraction of sp³-hybridized carbons (Fsp3) is 0.923. The predicted molar refractivity (Wildman–Crippen MR) is 71.6 cm³/mol. The molecule has 0 spiro atoms. The van der Waals surface area contributed by atoms with E-state index in [-0.39, 0.29) is 6.10 Å². The Bertz CT molecular complexity index is 303. The van der Waals surface area contributed by atoms with Crippen LogP contribution in [0.15, 0.2) is 4.99 Å². The number of nitrogens with two attached hydrogens (primary N) is 1. The number of morpholine rings is 1. The smallest absolute Gasteiger partial charge is 0.191 e. The summed E-state index contributed by atoms with van der Waals surface area (Å²) in [5, 5.41) is 0. The molecule has 2 fully saturated rings. The SMILES string of the molecule is COCCC1(CN=C(N)N2CCOC(C)C2)CC1. The number of hydrogen-bond acceptors (Lipinski definition) is 3. The van der Waals surface area contributed by atoms with Crippen molar-refractivity contribution < 1.29 is 9.47 Å². The largest absolute Gasteiger partial charge is 0.385 e. The van der Waals surface area contributed by atoms with Crippen LogP contribution in [-0.2, 0) is 9.47 Å². The van der Waals surface area contributed by atoms with E-state index < -0.39 is 0 Å². The minimum atomic E-state index is 0.246. The van der Waals surface area contributed by atoms with Gasteiger partial charge in [-0.05, 0) is 31.6 Å². The summed E-state index contributed by atoms with van der Waals surface area (Å²) >= 11 is 0. The van der Waals surface area contributed by atoms with Gasteiger partial charge >= 0.3 is 0 Å². The molecular weight excluding hydrogens is 230 g/mol. The number of aliphatic imine (C=N–C) groups is 1. The van der Waals surface area contributed by atoms with Crippen LogP contribution in [0, 0.1) is 5.41 Å². The van der Waals surface area contributed by atoms with E-state index in [2.05, 4.69) is 16.8 Å². The van der Waals surface area contributed by atoms with Crippen molar-refractivity contribution in [2.24, 2.45) is 16.1 Å². The van der Waals surface area contributed by atoms with E-state index in [0.29, 0.717) is 11.4 Å². The van der Waals surface area contributed by atoms with Gasteiger partial charge in [-0.15, -0.1) is 0 Å². The molecule has 0 aromatic rings. The van der Waals surface area contributed by atoms with Gasteiger partial charge < -0.3 is 20.1 Å². The number of rotatable bonds is 5. The van der Waals surface area contributed by atoms with Crippen LogP contribution in [0.3, 0.4) is 0 Å². The van der Waals surface area contributed by atoms with E-state index >= 15 is 0 Å². The second-order valence-electron chi connectivity index (χ2n) is 5.54. The summed E-state index contributed by atoms with van der Waals surface area (Å²) in [5.74, 6) is 0.675. The van der Waals surface area contributed by atoms with Crippen LogP contribution in [0.4, 0.5) is 0 Å². The number of hydrogen-bond donors (Lipinski definition) is 1. The van der Waals surface area contributed by atoms with Crippen molar-refractivity contribution in [2.45, 2.75) is 32.3 Å². The number of nitrogens with zero attached hydrogens (tertiary/aromatic N) is 2. The van der Waals surface area contributed by atoms with Crippen molar-refractivity contribution in [3.63, 3.8) is 0 Å². The van der Waals surface area contributed by atoms with Crippen molar-refractivity contribution in [1.82, 2.24) is 4.90 Å². The molecule has 1 heterocycles. The average Bonchev–Trinajstić information content (AvgIpc) is 3.14. The average molecular weight is 255 g/mol. The van der Waals surface area contributed by atoms with E-state index in [1.807, 2.05) is 0 Å². The van der Waals surface area contributed by atoms with E-state index in [9.17, 15) is 0 Å². The van der Waals surface area contributed by atoms with Crippen LogP contribution in [0.1, 0.15) is 26.2 Å². The lowest BCUT2D eigenvalue weighted by Crippen LogP contribution is -2.48. The molecule has 0 bridgehead atoms. The van der Waals surface area contributed by atoms with E-state index in [0.717, 1.165) is 39.3 Å². The molecule has 2 aliphatic rings. The van der Waals surface area contributed by atoms with Crippen LogP contribution >= 0.6 is 0 Å². The molecule has 5 heteroatoms. The van der Waals surface area contributed by atoms with Gasteiger partial charge in [0.2, 0.25) is 0 Å². The van der Waals surface area contributed by atoms with Gasteiger partial charge in [0.25, 0.3) is 0 Å². The minimum Gasteiger partial charge on any atom is -0.385 e. The standard InChI is InChI=1S/C13H25N3O2/c1-11-9-16(6-8-18-11)12(14)15-10-13(3-4-13)5-7-17-2/h11H,3-10H2,1-2H3,(H2,14,15). The first-order valence-corrected chi connectivity index (χ1v) is 6.81. The maximum Gasteiger partial charge on any atom is 0.191 e. The van der Waals surface area contributed by atoms with Gasteiger partial charge in [-0.25, -0.2) is 0 Å². The molecule has 1 saturated carbocycles. The highest BCUT2D eigenvalue weighted by molar-refractivity contribution is 5.78. The number of methoxy groups -OCH3 is 1. The molecule has 0 aromatic carbocycles. The van der Waals surface area contributed by atoms with E-state index in [4.69, 9.17) is 15.2 Å². The van der Waals surface area contributed by atoms with Crippen LogP contribution in [0.2, 0.25) is 0 Å². The van der Waals surface area contributed by atoms with E-state index in [1.54, 1.807) is 7.11 Å². The zero-order valence-electron chi connectivity index (χ0n) is 11.5. The van der Waals surface area contributed by atoms with Gasteiger partial charge in [-0.3, -0.25) is 4.99 Å². The fourth-order valence-electron chi connectivity index (χ4n) is 2.36. The molecular formula is C13H25N3O2. The maximum absolute atomic E-state index is 6.06. The van der Waals surface area contributed by atoms with Gasteiger partial charge in [0.05, 0.1) is 12.7 Å².